The number of nitrogens with one attached hydrogen (secondary N) is 1. The summed E-state index contributed by atoms with van der Waals surface area (Å²) in [6.07, 6.45) is 2.21. The van der Waals surface area contributed by atoms with E-state index < -0.39 is 0 Å². The third-order valence-corrected chi connectivity index (χ3v) is 3.56. The zero-order chi connectivity index (χ0) is 11.4. The fraction of sp³-hybridized carbons (Fsp3) is 0.571. The van der Waals surface area contributed by atoms with Crippen LogP contribution in [0.3, 0.4) is 0 Å². The molecule has 2 nitrogen and oxygen atoms in total. The number of hydrogen-bond acceptors (Lipinski definition) is 2. The minimum atomic E-state index is 0.302. The average molecular weight is 219 g/mol. The first-order chi connectivity index (χ1) is 7.83. The van der Waals surface area contributed by atoms with Crippen LogP contribution in [0.2, 0.25) is 0 Å². The van der Waals surface area contributed by atoms with Crippen molar-refractivity contribution in [3.05, 3.63) is 35.4 Å². The van der Waals surface area contributed by atoms with Crippen LogP contribution in [-0.2, 0) is 6.42 Å². The van der Waals surface area contributed by atoms with Crippen molar-refractivity contribution >= 4 is 0 Å². The highest BCUT2D eigenvalue weighted by atomic mass is 16.3. The maximum Gasteiger partial charge on any atom is 0.0471 e. The summed E-state index contributed by atoms with van der Waals surface area (Å²) in [5, 5.41) is 12.6. The molecule has 0 aliphatic carbocycles. The van der Waals surface area contributed by atoms with Gasteiger partial charge in [0.1, 0.15) is 0 Å². The summed E-state index contributed by atoms with van der Waals surface area (Å²) in [7, 11) is 0. The average Bonchev–Trinajstić information content (AvgIpc) is 2.39. The van der Waals surface area contributed by atoms with E-state index in [1.54, 1.807) is 0 Å². The topological polar surface area (TPSA) is 32.3 Å². The zero-order valence-electron chi connectivity index (χ0n) is 9.95. The highest BCUT2D eigenvalue weighted by molar-refractivity contribution is 5.26. The van der Waals surface area contributed by atoms with E-state index in [0.29, 0.717) is 18.4 Å². The van der Waals surface area contributed by atoms with Crippen LogP contribution < -0.4 is 5.32 Å². The third-order valence-electron chi connectivity index (χ3n) is 3.56. The molecule has 1 saturated heterocycles. The van der Waals surface area contributed by atoms with Gasteiger partial charge in [-0.25, -0.2) is 0 Å². The van der Waals surface area contributed by atoms with Crippen LogP contribution in [0.5, 0.6) is 0 Å². The zero-order valence-corrected chi connectivity index (χ0v) is 9.95. The first-order valence-corrected chi connectivity index (χ1v) is 6.24. The van der Waals surface area contributed by atoms with E-state index in [0.717, 1.165) is 25.9 Å². The van der Waals surface area contributed by atoms with Crippen molar-refractivity contribution in [3.63, 3.8) is 0 Å². The molecule has 2 N–H and O–H groups in total. The van der Waals surface area contributed by atoms with Crippen molar-refractivity contribution in [1.82, 2.24) is 5.32 Å². The van der Waals surface area contributed by atoms with Crippen molar-refractivity contribution in [2.24, 2.45) is 5.92 Å². The Labute approximate surface area is 97.7 Å². The summed E-state index contributed by atoms with van der Waals surface area (Å²) in [6.45, 7) is 4.48. The molecule has 0 spiro atoms. The molecule has 0 radical (unpaired) electrons. The second-order valence-electron chi connectivity index (χ2n) is 4.73. The second kappa shape index (κ2) is 5.46. The van der Waals surface area contributed by atoms with Gasteiger partial charge < -0.3 is 10.4 Å². The molecule has 1 aliphatic heterocycles. The van der Waals surface area contributed by atoms with Gasteiger partial charge in [0.2, 0.25) is 0 Å². The number of aryl methyl sites for hydroxylation is 1. The lowest BCUT2D eigenvalue weighted by atomic mass is 9.85. The number of piperidine rings is 1. The van der Waals surface area contributed by atoms with Crippen LogP contribution in [0, 0.1) is 5.92 Å². The van der Waals surface area contributed by atoms with Crippen molar-refractivity contribution in [2.45, 2.75) is 25.7 Å². The van der Waals surface area contributed by atoms with Crippen LogP contribution >= 0.6 is 0 Å². The summed E-state index contributed by atoms with van der Waals surface area (Å²) in [5.74, 6) is 0.987. The largest absolute Gasteiger partial charge is 0.396 e. The minimum absolute atomic E-state index is 0.302. The Morgan fingerprint density at radius 2 is 2.00 bits per heavy atom. The van der Waals surface area contributed by atoms with Crippen LogP contribution in [0.1, 0.15) is 30.4 Å². The van der Waals surface area contributed by atoms with Gasteiger partial charge >= 0.3 is 0 Å². The molecule has 2 unspecified atom stereocenters. The fourth-order valence-corrected chi connectivity index (χ4v) is 2.45. The second-order valence-corrected chi connectivity index (χ2v) is 4.73. The Hall–Kier alpha value is -0.860. The van der Waals surface area contributed by atoms with Crippen LogP contribution in [-0.4, -0.2) is 24.8 Å². The van der Waals surface area contributed by atoms with Gasteiger partial charge in [-0.15, -0.1) is 0 Å². The Bertz CT molecular complexity index is 320. The fourth-order valence-electron chi connectivity index (χ4n) is 2.45. The lowest BCUT2D eigenvalue weighted by molar-refractivity contribution is 0.190. The molecule has 2 heteroatoms. The molecule has 2 rings (SSSR count). The van der Waals surface area contributed by atoms with E-state index in [1.165, 1.54) is 11.1 Å². The van der Waals surface area contributed by atoms with Gasteiger partial charge in [0.25, 0.3) is 0 Å². The minimum Gasteiger partial charge on any atom is -0.396 e. The van der Waals surface area contributed by atoms with E-state index in [2.05, 4.69) is 36.5 Å². The van der Waals surface area contributed by atoms with Gasteiger partial charge in [0.15, 0.2) is 0 Å². The summed E-state index contributed by atoms with van der Waals surface area (Å²) in [5.41, 5.74) is 2.80. The maximum absolute atomic E-state index is 9.20. The van der Waals surface area contributed by atoms with Crippen molar-refractivity contribution in [3.8, 4) is 0 Å². The molecule has 1 aromatic rings. The highest BCUT2D eigenvalue weighted by Gasteiger charge is 2.21. The van der Waals surface area contributed by atoms with Crippen molar-refractivity contribution < 1.29 is 5.11 Å². The predicted octanol–water partition coefficient (Wildman–Crippen LogP) is 1.93. The van der Waals surface area contributed by atoms with Gasteiger partial charge in [-0.05, 0) is 35.8 Å². The summed E-state index contributed by atoms with van der Waals surface area (Å²) < 4.78 is 0. The lowest BCUT2D eigenvalue weighted by Gasteiger charge is -2.29. The molecule has 2 atom stereocenters. The molecule has 0 saturated carbocycles. The third kappa shape index (κ3) is 2.63. The van der Waals surface area contributed by atoms with Gasteiger partial charge in [-0.2, -0.15) is 0 Å². The van der Waals surface area contributed by atoms with E-state index in [9.17, 15) is 5.11 Å². The van der Waals surface area contributed by atoms with E-state index in [4.69, 9.17) is 0 Å². The molecule has 1 heterocycles. The van der Waals surface area contributed by atoms with Crippen LogP contribution in [0.25, 0.3) is 0 Å². The molecular formula is C14H21NO. The molecule has 1 fully saturated rings. The van der Waals surface area contributed by atoms with Gasteiger partial charge in [0.05, 0.1) is 0 Å². The van der Waals surface area contributed by atoms with Crippen molar-refractivity contribution in [2.75, 3.05) is 19.7 Å². The number of aliphatic hydroxyl groups is 1. The monoisotopic (exact) mass is 219 g/mol. The number of rotatable bonds is 3. The Morgan fingerprint density at radius 3 is 2.62 bits per heavy atom. The van der Waals surface area contributed by atoms with Gasteiger partial charge in [-0.3, -0.25) is 0 Å². The summed E-state index contributed by atoms with van der Waals surface area (Å²) in [6, 6.07) is 8.92. The molecule has 1 aliphatic rings. The van der Waals surface area contributed by atoms with Crippen LogP contribution in [0.15, 0.2) is 24.3 Å². The molecular weight excluding hydrogens is 198 g/mol. The van der Waals surface area contributed by atoms with E-state index in [-0.39, 0.29) is 0 Å². The Kier molecular flexibility index (Phi) is 3.97. The van der Waals surface area contributed by atoms with Crippen molar-refractivity contribution in [1.29, 1.82) is 0 Å². The van der Waals surface area contributed by atoms with Crippen LogP contribution in [0.4, 0.5) is 0 Å². The first-order valence-electron chi connectivity index (χ1n) is 6.24. The maximum atomic E-state index is 9.20. The number of benzene rings is 1. The Morgan fingerprint density at radius 1 is 1.25 bits per heavy atom. The number of aliphatic hydroxyl groups excluding tert-OH is 1. The smallest absolute Gasteiger partial charge is 0.0471 e. The highest BCUT2D eigenvalue weighted by Crippen LogP contribution is 2.26. The molecule has 16 heavy (non-hydrogen) atoms. The Balaban J connectivity index is 2.05. The summed E-state index contributed by atoms with van der Waals surface area (Å²) >= 11 is 0. The molecule has 0 aromatic heterocycles. The normalized spacial score (nSPS) is 25.6. The predicted molar refractivity (Wildman–Crippen MR) is 66.6 cm³/mol. The SMILES string of the molecule is CCc1ccc(C2CNCC(CO)C2)cc1. The van der Waals surface area contributed by atoms with Gasteiger partial charge in [-0.1, -0.05) is 31.2 Å². The van der Waals surface area contributed by atoms with E-state index >= 15 is 0 Å². The summed E-state index contributed by atoms with van der Waals surface area (Å²) in [4.78, 5) is 0. The molecule has 1 aromatic carbocycles. The first kappa shape index (κ1) is 11.6. The quantitative estimate of drug-likeness (QED) is 0.814. The van der Waals surface area contributed by atoms with Gasteiger partial charge in [0, 0.05) is 19.7 Å². The molecule has 0 bridgehead atoms. The number of hydrogen-bond donors (Lipinski definition) is 2. The van der Waals surface area contributed by atoms with E-state index in [1.807, 2.05) is 0 Å². The molecule has 0 amide bonds. The molecule has 88 valence electrons. The standard InChI is InChI=1S/C14H21NO/c1-2-11-3-5-13(6-4-11)14-7-12(10-16)8-15-9-14/h3-6,12,14-16H,2,7-10H2,1H3. The lowest BCUT2D eigenvalue weighted by Crippen LogP contribution is -2.36.